The molecule has 2 amide bonds. The molecular weight excluding hydrogens is 426 g/mol. The van der Waals surface area contributed by atoms with Gasteiger partial charge in [-0.25, -0.2) is 5.43 Å². The zero-order valence-electron chi connectivity index (χ0n) is 19.0. The van der Waals surface area contributed by atoms with Gasteiger partial charge >= 0.3 is 0 Å². The lowest BCUT2D eigenvalue weighted by molar-refractivity contribution is -0.117. The number of nitrogens with one attached hydrogen (secondary N) is 2. The maximum atomic E-state index is 12.8. The number of benzene rings is 3. The van der Waals surface area contributed by atoms with E-state index in [9.17, 15) is 9.59 Å². The summed E-state index contributed by atoms with van der Waals surface area (Å²) in [6.07, 6.45) is 7.48. The summed E-state index contributed by atoms with van der Waals surface area (Å²) < 4.78 is 5.71. The Bertz CT molecular complexity index is 1170. The number of allylic oxidation sites excluding steroid dienone is 2. The van der Waals surface area contributed by atoms with E-state index in [1.54, 1.807) is 30.3 Å². The van der Waals surface area contributed by atoms with E-state index in [0.717, 1.165) is 17.5 Å². The molecule has 3 aromatic rings. The van der Waals surface area contributed by atoms with Crippen molar-refractivity contribution < 1.29 is 14.3 Å². The Hall–Kier alpha value is -4.45. The van der Waals surface area contributed by atoms with E-state index in [-0.39, 0.29) is 5.70 Å². The highest BCUT2D eigenvalue weighted by molar-refractivity contribution is 6.03. The molecule has 0 atom stereocenters. The van der Waals surface area contributed by atoms with E-state index >= 15 is 0 Å². The molecular formula is C28H27N3O3. The number of hydrogen-bond donors (Lipinski definition) is 2. The smallest absolute Gasteiger partial charge is 0.287 e. The first-order chi connectivity index (χ1) is 16.7. The van der Waals surface area contributed by atoms with Gasteiger partial charge in [0.2, 0.25) is 0 Å². The maximum Gasteiger partial charge on any atom is 0.287 e. The second-order valence-electron chi connectivity index (χ2n) is 7.26. The van der Waals surface area contributed by atoms with Crippen molar-refractivity contribution >= 4 is 24.1 Å². The number of carbonyl (C=O) groups excluding carboxylic acids is 2. The summed E-state index contributed by atoms with van der Waals surface area (Å²) in [5, 5.41) is 6.72. The zero-order chi connectivity index (χ0) is 24.0. The Balaban J connectivity index is 1.75. The number of rotatable bonds is 10. The molecule has 0 aliphatic carbocycles. The van der Waals surface area contributed by atoms with Crippen molar-refractivity contribution in [3.63, 3.8) is 0 Å². The Labute approximate surface area is 199 Å². The fourth-order valence-electron chi connectivity index (χ4n) is 2.93. The zero-order valence-corrected chi connectivity index (χ0v) is 19.0. The first-order valence-electron chi connectivity index (χ1n) is 11.0. The number of nitrogens with zero attached hydrogens (tertiary/aromatic N) is 1. The summed E-state index contributed by atoms with van der Waals surface area (Å²) in [5.74, 6) is -0.260. The standard InChI is InChI=1S/C28H27N3O3/c1-2-20-34-26-19-10-9-17-24(26)21-29-31-28(33)25(18-11-14-22-12-5-3-6-13-22)30-27(32)23-15-7-4-8-16-23/h3-19,21H,2,20H2,1H3,(H,30,32)(H,31,33)/b14-11+,25-18-,29-21-. The number of carbonyl (C=O) groups is 2. The van der Waals surface area contributed by atoms with Gasteiger partial charge in [0, 0.05) is 11.1 Å². The Morgan fingerprint density at radius 1 is 0.912 bits per heavy atom. The van der Waals surface area contributed by atoms with Crippen LogP contribution >= 0.6 is 0 Å². The molecule has 0 aromatic heterocycles. The van der Waals surface area contributed by atoms with Gasteiger partial charge in [0.1, 0.15) is 11.4 Å². The van der Waals surface area contributed by atoms with E-state index in [0.29, 0.717) is 17.9 Å². The summed E-state index contributed by atoms with van der Waals surface area (Å²) in [7, 11) is 0. The van der Waals surface area contributed by atoms with Crippen molar-refractivity contribution in [3.8, 4) is 5.75 Å². The van der Waals surface area contributed by atoms with Gasteiger partial charge in [0.05, 0.1) is 12.8 Å². The number of para-hydroxylation sites is 1. The molecule has 6 heteroatoms. The van der Waals surface area contributed by atoms with E-state index in [1.165, 1.54) is 12.3 Å². The third-order valence-corrected chi connectivity index (χ3v) is 4.63. The van der Waals surface area contributed by atoms with Gasteiger partial charge in [0.25, 0.3) is 11.8 Å². The fourth-order valence-corrected chi connectivity index (χ4v) is 2.93. The van der Waals surface area contributed by atoms with Gasteiger partial charge in [-0.15, -0.1) is 0 Å². The quantitative estimate of drug-likeness (QED) is 0.197. The number of hydrogen-bond acceptors (Lipinski definition) is 4. The summed E-state index contributed by atoms with van der Waals surface area (Å²) in [5.41, 5.74) is 4.69. The van der Waals surface area contributed by atoms with Crippen molar-refractivity contribution in [2.75, 3.05) is 6.61 Å². The molecule has 34 heavy (non-hydrogen) atoms. The molecule has 0 saturated heterocycles. The third kappa shape index (κ3) is 7.60. The average molecular weight is 454 g/mol. The van der Waals surface area contributed by atoms with Crippen LogP contribution in [0.3, 0.4) is 0 Å². The largest absolute Gasteiger partial charge is 0.493 e. The van der Waals surface area contributed by atoms with Crippen LogP contribution in [0.5, 0.6) is 5.75 Å². The predicted molar refractivity (Wildman–Crippen MR) is 135 cm³/mol. The molecule has 0 aliphatic rings. The highest BCUT2D eigenvalue weighted by atomic mass is 16.5. The minimum Gasteiger partial charge on any atom is -0.493 e. The van der Waals surface area contributed by atoms with Crippen LogP contribution in [-0.2, 0) is 4.79 Å². The van der Waals surface area contributed by atoms with Crippen LogP contribution in [0.4, 0.5) is 0 Å². The van der Waals surface area contributed by atoms with Crippen LogP contribution in [0, 0.1) is 0 Å². The number of hydrazone groups is 1. The van der Waals surface area contributed by atoms with Crippen molar-refractivity contribution in [2.45, 2.75) is 13.3 Å². The van der Waals surface area contributed by atoms with Crippen LogP contribution < -0.4 is 15.5 Å². The molecule has 0 aliphatic heterocycles. The lowest BCUT2D eigenvalue weighted by atomic mass is 10.2. The van der Waals surface area contributed by atoms with E-state index < -0.39 is 11.8 Å². The summed E-state index contributed by atoms with van der Waals surface area (Å²) in [4.78, 5) is 25.4. The monoisotopic (exact) mass is 453 g/mol. The van der Waals surface area contributed by atoms with Crippen molar-refractivity contribution in [1.82, 2.24) is 10.7 Å². The van der Waals surface area contributed by atoms with E-state index in [1.807, 2.05) is 73.7 Å². The molecule has 6 nitrogen and oxygen atoms in total. The molecule has 0 spiro atoms. The Morgan fingerprint density at radius 3 is 2.32 bits per heavy atom. The minimum atomic E-state index is -0.551. The molecule has 2 N–H and O–H groups in total. The molecule has 0 radical (unpaired) electrons. The third-order valence-electron chi connectivity index (χ3n) is 4.63. The van der Waals surface area contributed by atoms with Gasteiger partial charge in [-0.2, -0.15) is 5.10 Å². The SMILES string of the molecule is CCCOc1ccccc1/C=N\NC(=O)/C(=C/C=C/c1ccccc1)NC(=O)c1ccccc1. The molecule has 0 bridgehead atoms. The fraction of sp³-hybridized carbons (Fsp3) is 0.107. The van der Waals surface area contributed by atoms with Crippen LogP contribution in [-0.4, -0.2) is 24.6 Å². The van der Waals surface area contributed by atoms with E-state index in [2.05, 4.69) is 15.8 Å². The second kappa shape index (κ2) is 13.2. The Morgan fingerprint density at radius 2 is 1.59 bits per heavy atom. The Kier molecular flexibility index (Phi) is 9.38. The van der Waals surface area contributed by atoms with Crippen LogP contribution in [0.15, 0.2) is 108 Å². The molecule has 0 heterocycles. The first kappa shape index (κ1) is 24.2. The summed E-state index contributed by atoms with van der Waals surface area (Å²) >= 11 is 0. The first-order valence-corrected chi connectivity index (χ1v) is 11.0. The highest BCUT2D eigenvalue weighted by Crippen LogP contribution is 2.16. The van der Waals surface area contributed by atoms with Crippen molar-refractivity contribution in [3.05, 3.63) is 119 Å². The van der Waals surface area contributed by atoms with Crippen LogP contribution in [0.25, 0.3) is 6.08 Å². The highest BCUT2D eigenvalue weighted by Gasteiger charge is 2.13. The molecule has 3 rings (SSSR count). The van der Waals surface area contributed by atoms with Gasteiger partial charge in [-0.1, -0.05) is 79.7 Å². The molecule has 0 saturated carbocycles. The molecule has 3 aromatic carbocycles. The lowest BCUT2D eigenvalue weighted by Gasteiger charge is -2.09. The normalized spacial score (nSPS) is 11.5. The van der Waals surface area contributed by atoms with Crippen LogP contribution in [0.1, 0.15) is 34.8 Å². The van der Waals surface area contributed by atoms with Crippen molar-refractivity contribution in [1.29, 1.82) is 0 Å². The summed E-state index contributed by atoms with van der Waals surface area (Å²) in [6, 6.07) is 25.8. The van der Waals surface area contributed by atoms with Gasteiger partial charge < -0.3 is 10.1 Å². The molecule has 0 unspecified atom stereocenters. The van der Waals surface area contributed by atoms with Gasteiger partial charge in [-0.3, -0.25) is 9.59 Å². The second-order valence-corrected chi connectivity index (χ2v) is 7.26. The maximum absolute atomic E-state index is 12.8. The van der Waals surface area contributed by atoms with Crippen LogP contribution in [0.2, 0.25) is 0 Å². The number of ether oxygens (including phenoxy) is 1. The lowest BCUT2D eigenvalue weighted by Crippen LogP contribution is -2.32. The average Bonchev–Trinajstić information content (AvgIpc) is 2.88. The summed E-state index contributed by atoms with van der Waals surface area (Å²) in [6.45, 7) is 2.62. The number of amides is 2. The van der Waals surface area contributed by atoms with E-state index in [4.69, 9.17) is 4.74 Å². The molecule has 0 fully saturated rings. The topological polar surface area (TPSA) is 79.8 Å². The minimum absolute atomic E-state index is 0.0636. The van der Waals surface area contributed by atoms with Gasteiger partial charge in [-0.05, 0) is 42.3 Å². The van der Waals surface area contributed by atoms with Gasteiger partial charge in [0.15, 0.2) is 0 Å². The molecule has 172 valence electrons. The van der Waals surface area contributed by atoms with Crippen molar-refractivity contribution in [2.24, 2.45) is 5.10 Å². The predicted octanol–water partition coefficient (Wildman–Crippen LogP) is 4.95.